The summed E-state index contributed by atoms with van der Waals surface area (Å²) in [5, 5.41) is 0.429. The molecule has 0 unspecified atom stereocenters. The van der Waals surface area contributed by atoms with Gasteiger partial charge in [-0.15, -0.1) is 0 Å². The molecule has 0 atom stereocenters. The van der Waals surface area contributed by atoms with E-state index in [1.54, 1.807) is 18.3 Å². The zero-order chi connectivity index (χ0) is 10.6. The number of hydrogen-bond donors (Lipinski definition) is 0. The Kier molecular flexibility index (Phi) is 3.83. The summed E-state index contributed by atoms with van der Waals surface area (Å²) in [5.74, 6) is -1.33. The second-order valence-corrected chi connectivity index (χ2v) is 2.91. The molecule has 0 bridgehead atoms. The van der Waals surface area contributed by atoms with E-state index < -0.39 is 5.97 Å². The van der Waals surface area contributed by atoms with Crippen molar-refractivity contribution in [2.45, 2.75) is 5.97 Å². The monoisotopic (exact) mass is 217 g/mol. The molecular formula is C9H12ClNO3. The number of rotatable bonds is 4. The molecule has 78 valence electrons. The van der Waals surface area contributed by atoms with Crippen molar-refractivity contribution in [2.75, 3.05) is 21.3 Å². The molecule has 0 N–H and O–H groups in total. The van der Waals surface area contributed by atoms with Gasteiger partial charge in [0.05, 0.1) is 5.02 Å². The van der Waals surface area contributed by atoms with E-state index in [1.807, 2.05) is 0 Å². The van der Waals surface area contributed by atoms with E-state index in [-0.39, 0.29) is 0 Å². The van der Waals surface area contributed by atoms with Gasteiger partial charge in [-0.2, -0.15) is 0 Å². The van der Waals surface area contributed by atoms with Crippen molar-refractivity contribution < 1.29 is 14.2 Å². The normalized spacial score (nSPS) is 11.7. The highest BCUT2D eigenvalue weighted by atomic mass is 35.5. The Bertz CT molecular complexity index is 294. The minimum absolute atomic E-state index is 0.397. The van der Waals surface area contributed by atoms with Gasteiger partial charge < -0.3 is 14.2 Å². The highest BCUT2D eigenvalue weighted by molar-refractivity contribution is 6.31. The largest absolute Gasteiger partial charge is 0.330 e. The summed E-state index contributed by atoms with van der Waals surface area (Å²) in [5.41, 5.74) is 0.397. The summed E-state index contributed by atoms with van der Waals surface area (Å²) in [6.45, 7) is 0. The van der Waals surface area contributed by atoms with Gasteiger partial charge in [0.15, 0.2) is 0 Å². The first-order chi connectivity index (χ1) is 6.70. The number of ether oxygens (including phenoxy) is 3. The summed E-state index contributed by atoms with van der Waals surface area (Å²) < 4.78 is 15.3. The van der Waals surface area contributed by atoms with Crippen LogP contribution in [-0.2, 0) is 20.2 Å². The maximum atomic E-state index is 5.94. The smallest absolute Gasteiger partial charge is 0.326 e. The Hall–Kier alpha value is -0.680. The lowest BCUT2D eigenvalue weighted by Crippen LogP contribution is -2.34. The Morgan fingerprint density at radius 3 is 2.21 bits per heavy atom. The van der Waals surface area contributed by atoms with Crippen molar-refractivity contribution in [1.29, 1.82) is 0 Å². The van der Waals surface area contributed by atoms with Crippen LogP contribution in [-0.4, -0.2) is 26.3 Å². The van der Waals surface area contributed by atoms with Crippen LogP contribution in [0.3, 0.4) is 0 Å². The van der Waals surface area contributed by atoms with Crippen LogP contribution in [0.15, 0.2) is 18.3 Å². The van der Waals surface area contributed by atoms with Crippen molar-refractivity contribution in [3.05, 3.63) is 29.0 Å². The molecule has 1 aromatic rings. The average molecular weight is 218 g/mol. The van der Waals surface area contributed by atoms with Crippen LogP contribution in [0.5, 0.6) is 0 Å². The molecule has 5 heteroatoms. The molecule has 1 rings (SSSR count). The summed E-state index contributed by atoms with van der Waals surface area (Å²) in [4.78, 5) is 4.06. The summed E-state index contributed by atoms with van der Waals surface area (Å²) in [6, 6.07) is 3.41. The minimum Gasteiger partial charge on any atom is -0.326 e. The highest BCUT2D eigenvalue weighted by Gasteiger charge is 2.36. The Morgan fingerprint density at radius 2 is 1.79 bits per heavy atom. The third-order valence-corrected chi connectivity index (χ3v) is 2.16. The fourth-order valence-electron chi connectivity index (χ4n) is 1.15. The standard InChI is InChI=1S/C9H12ClNO3/c1-12-9(13-2,14-3)8-7(10)5-4-6-11-8/h4-6H,1-3H3. The van der Waals surface area contributed by atoms with Crippen LogP contribution in [0, 0.1) is 0 Å². The maximum Gasteiger partial charge on any atom is 0.330 e. The van der Waals surface area contributed by atoms with Crippen LogP contribution in [0.25, 0.3) is 0 Å². The van der Waals surface area contributed by atoms with Crippen molar-refractivity contribution in [1.82, 2.24) is 4.98 Å². The lowest BCUT2D eigenvalue weighted by molar-refractivity contribution is -0.366. The SMILES string of the molecule is COC(OC)(OC)c1ncccc1Cl. The van der Waals surface area contributed by atoms with Gasteiger partial charge >= 0.3 is 5.97 Å². The fraction of sp³-hybridized carbons (Fsp3) is 0.444. The quantitative estimate of drug-likeness (QED) is 0.721. The van der Waals surface area contributed by atoms with Crippen molar-refractivity contribution in [3.8, 4) is 0 Å². The molecule has 4 nitrogen and oxygen atoms in total. The van der Waals surface area contributed by atoms with Gasteiger partial charge in [0.1, 0.15) is 5.69 Å². The third kappa shape index (κ3) is 1.88. The zero-order valence-electron chi connectivity index (χ0n) is 8.28. The Morgan fingerprint density at radius 1 is 1.21 bits per heavy atom. The van der Waals surface area contributed by atoms with Gasteiger partial charge in [0, 0.05) is 27.5 Å². The van der Waals surface area contributed by atoms with Gasteiger partial charge in [-0.05, 0) is 12.1 Å². The molecule has 14 heavy (non-hydrogen) atoms. The average Bonchev–Trinajstić information content (AvgIpc) is 2.24. The second kappa shape index (κ2) is 4.70. The fourth-order valence-corrected chi connectivity index (χ4v) is 1.39. The molecule has 0 fully saturated rings. The van der Waals surface area contributed by atoms with Gasteiger partial charge in [-0.25, -0.2) is 0 Å². The van der Waals surface area contributed by atoms with E-state index in [2.05, 4.69) is 4.98 Å². The van der Waals surface area contributed by atoms with Crippen LogP contribution in [0.2, 0.25) is 5.02 Å². The predicted molar refractivity (Wildman–Crippen MR) is 52.0 cm³/mol. The molecule has 0 amide bonds. The number of halogens is 1. The van der Waals surface area contributed by atoms with Crippen LogP contribution >= 0.6 is 11.6 Å². The Labute approximate surface area is 87.8 Å². The van der Waals surface area contributed by atoms with Gasteiger partial charge in [-0.1, -0.05) is 11.6 Å². The molecule has 1 aromatic heterocycles. The lowest BCUT2D eigenvalue weighted by atomic mass is 10.3. The van der Waals surface area contributed by atoms with Crippen molar-refractivity contribution >= 4 is 11.6 Å². The number of methoxy groups -OCH3 is 3. The first kappa shape index (κ1) is 11.4. The van der Waals surface area contributed by atoms with E-state index in [0.717, 1.165) is 0 Å². The first-order valence-electron chi connectivity index (χ1n) is 3.96. The predicted octanol–water partition coefficient (Wildman–Crippen LogP) is 1.78. The molecule has 0 aliphatic carbocycles. The van der Waals surface area contributed by atoms with Gasteiger partial charge in [0.25, 0.3) is 0 Å². The Balaban J connectivity index is 3.17. The minimum atomic E-state index is -1.33. The zero-order valence-corrected chi connectivity index (χ0v) is 9.04. The summed E-state index contributed by atoms with van der Waals surface area (Å²) in [6.07, 6.45) is 1.59. The van der Waals surface area contributed by atoms with Gasteiger partial charge in [-0.3, -0.25) is 4.98 Å². The van der Waals surface area contributed by atoms with E-state index in [0.29, 0.717) is 10.7 Å². The van der Waals surface area contributed by atoms with E-state index in [4.69, 9.17) is 25.8 Å². The number of pyridine rings is 1. The molecule has 1 heterocycles. The van der Waals surface area contributed by atoms with Crippen molar-refractivity contribution in [3.63, 3.8) is 0 Å². The van der Waals surface area contributed by atoms with Crippen LogP contribution < -0.4 is 0 Å². The maximum absolute atomic E-state index is 5.94. The van der Waals surface area contributed by atoms with Crippen molar-refractivity contribution in [2.24, 2.45) is 0 Å². The second-order valence-electron chi connectivity index (χ2n) is 2.50. The van der Waals surface area contributed by atoms with Crippen LogP contribution in [0.4, 0.5) is 0 Å². The van der Waals surface area contributed by atoms with Gasteiger partial charge in [0.2, 0.25) is 0 Å². The molecule has 0 saturated carbocycles. The van der Waals surface area contributed by atoms with E-state index in [9.17, 15) is 0 Å². The molecule has 0 aromatic carbocycles. The van der Waals surface area contributed by atoms with E-state index >= 15 is 0 Å². The number of nitrogens with zero attached hydrogens (tertiary/aromatic N) is 1. The molecule has 0 radical (unpaired) electrons. The number of hydrogen-bond acceptors (Lipinski definition) is 4. The molecule has 0 spiro atoms. The molecular weight excluding hydrogens is 206 g/mol. The summed E-state index contributed by atoms with van der Waals surface area (Å²) >= 11 is 5.94. The third-order valence-electron chi connectivity index (χ3n) is 1.85. The molecule has 0 aliphatic rings. The summed E-state index contributed by atoms with van der Waals surface area (Å²) in [7, 11) is 4.37. The van der Waals surface area contributed by atoms with E-state index in [1.165, 1.54) is 21.3 Å². The topological polar surface area (TPSA) is 40.6 Å². The van der Waals surface area contributed by atoms with Crippen LogP contribution in [0.1, 0.15) is 5.69 Å². The lowest BCUT2D eigenvalue weighted by Gasteiger charge is -2.28. The molecule has 0 saturated heterocycles. The molecule has 0 aliphatic heterocycles. The number of aromatic nitrogens is 1. The first-order valence-corrected chi connectivity index (χ1v) is 4.34. The highest BCUT2D eigenvalue weighted by Crippen LogP contribution is 2.30.